The summed E-state index contributed by atoms with van der Waals surface area (Å²) in [4.78, 5) is 0. The Kier molecular flexibility index (Phi) is 4.70. The minimum absolute atomic E-state index is 0.298. The zero-order valence-corrected chi connectivity index (χ0v) is 12.4. The molecule has 19 heavy (non-hydrogen) atoms. The molecule has 1 aromatic carbocycles. The lowest BCUT2D eigenvalue weighted by atomic mass is 9.87. The number of benzene rings is 1. The van der Waals surface area contributed by atoms with Crippen molar-refractivity contribution in [2.45, 2.75) is 45.3 Å². The summed E-state index contributed by atoms with van der Waals surface area (Å²) < 4.78 is 11.5. The molecule has 1 aromatic rings. The largest absolute Gasteiger partial charge is 0.497 e. The standard InChI is InChI=1S/C16H25NO2/c1-5-11(6-2)15-10-14(17-3)13-8-7-12(18-4)9-16(13)19-15/h7-9,11,14-15,17H,5-6,10H2,1-4H3. The molecule has 2 unspecified atom stereocenters. The average Bonchev–Trinajstić information content (AvgIpc) is 2.46. The zero-order valence-electron chi connectivity index (χ0n) is 12.4. The Hall–Kier alpha value is -1.22. The molecule has 1 aliphatic heterocycles. The second-order valence-electron chi connectivity index (χ2n) is 5.21. The molecule has 3 nitrogen and oxygen atoms in total. The lowest BCUT2D eigenvalue weighted by Crippen LogP contribution is -2.36. The van der Waals surface area contributed by atoms with Crippen LogP contribution in [-0.4, -0.2) is 20.3 Å². The first-order chi connectivity index (χ1) is 9.23. The van der Waals surface area contributed by atoms with Crippen LogP contribution >= 0.6 is 0 Å². The SMILES string of the molecule is CCC(CC)C1CC(NC)c2ccc(OC)cc2O1. The summed E-state index contributed by atoms with van der Waals surface area (Å²) in [7, 11) is 3.71. The second kappa shape index (κ2) is 6.29. The molecule has 0 amide bonds. The van der Waals surface area contributed by atoms with Gasteiger partial charge in [-0.25, -0.2) is 0 Å². The highest BCUT2D eigenvalue weighted by molar-refractivity contribution is 5.44. The van der Waals surface area contributed by atoms with Crippen molar-refractivity contribution in [1.82, 2.24) is 5.32 Å². The first-order valence-corrected chi connectivity index (χ1v) is 7.25. The summed E-state index contributed by atoms with van der Waals surface area (Å²) >= 11 is 0. The van der Waals surface area contributed by atoms with Gasteiger partial charge in [0.25, 0.3) is 0 Å². The Morgan fingerprint density at radius 2 is 2.11 bits per heavy atom. The monoisotopic (exact) mass is 263 g/mol. The molecule has 0 aliphatic carbocycles. The number of ether oxygens (including phenoxy) is 2. The van der Waals surface area contributed by atoms with Crippen LogP contribution in [-0.2, 0) is 0 Å². The molecular weight excluding hydrogens is 238 g/mol. The summed E-state index contributed by atoms with van der Waals surface area (Å²) in [5.41, 5.74) is 1.24. The number of hydrogen-bond donors (Lipinski definition) is 1. The fourth-order valence-electron chi connectivity index (χ4n) is 2.98. The Bertz CT molecular complexity index is 415. The van der Waals surface area contributed by atoms with E-state index in [0.29, 0.717) is 18.1 Å². The van der Waals surface area contributed by atoms with Crippen LogP contribution in [0.4, 0.5) is 0 Å². The van der Waals surface area contributed by atoms with Crippen molar-refractivity contribution in [1.29, 1.82) is 0 Å². The predicted molar refractivity (Wildman–Crippen MR) is 77.9 cm³/mol. The van der Waals surface area contributed by atoms with Crippen molar-refractivity contribution in [2.24, 2.45) is 5.92 Å². The van der Waals surface area contributed by atoms with Crippen LogP contribution in [0, 0.1) is 5.92 Å². The van der Waals surface area contributed by atoms with Crippen molar-refractivity contribution in [2.75, 3.05) is 14.2 Å². The van der Waals surface area contributed by atoms with Gasteiger partial charge in [0, 0.05) is 24.1 Å². The molecule has 0 spiro atoms. The average molecular weight is 263 g/mol. The van der Waals surface area contributed by atoms with Gasteiger partial charge in [0.2, 0.25) is 0 Å². The highest BCUT2D eigenvalue weighted by Crippen LogP contribution is 2.39. The third-order valence-corrected chi connectivity index (χ3v) is 4.27. The van der Waals surface area contributed by atoms with Crippen LogP contribution in [0.5, 0.6) is 11.5 Å². The quantitative estimate of drug-likeness (QED) is 0.881. The summed E-state index contributed by atoms with van der Waals surface area (Å²) in [6.45, 7) is 4.49. The molecule has 0 radical (unpaired) electrons. The van der Waals surface area contributed by atoms with E-state index < -0.39 is 0 Å². The van der Waals surface area contributed by atoms with Crippen molar-refractivity contribution in [3.05, 3.63) is 23.8 Å². The van der Waals surface area contributed by atoms with Gasteiger partial charge in [-0.1, -0.05) is 19.9 Å². The van der Waals surface area contributed by atoms with E-state index in [1.54, 1.807) is 7.11 Å². The maximum atomic E-state index is 6.23. The third kappa shape index (κ3) is 2.86. The summed E-state index contributed by atoms with van der Waals surface area (Å²) in [5, 5.41) is 3.41. The molecule has 0 saturated carbocycles. The Labute approximate surface area is 116 Å². The fraction of sp³-hybridized carbons (Fsp3) is 0.625. The first kappa shape index (κ1) is 14.2. The van der Waals surface area contributed by atoms with Crippen molar-refractivity contribution >= 4 is 0 Å². The lowest BCUT2D eigenvalue weighted by Gasteiger charge is -2.36. The summed E-state index contributed by atoms with van der Waals surface area (Å²) in [5.74, 6) is 2.45. The van der Waals surface area contributed by atoms with E-state index in [0.717, 1.165) is 30.8 Å². The summed E-state index contributed by atoms with van der Waals surface area (Å²) in [6, 6.07) is 6.50. The Morgan fingerprint density at radius 3 is 2.68 bits per heavy atom. The maximum Gasteiger partial charge on any atom is 0.128 e. The molecule has 0 bridgehead atoms. The molecule has 2 rings (SSSR count). The highest BCUT2D eigenvalue weighted by atomic mass is 16.5. The number of fused-ring (bicyclic) bond motifs is 1. The van der Waals surface area contributed by atoms with Crippen LogP contribution < -0.4 is 14.8 Å². The minimum Gasteiger partial charge on any atom is -0.497 e. The van der Waals surface area contributed by atoms with Crippen LogP contribution in [0.25, 0.3) is 0 Å². The molecule has 0 aromatic heterocycles. The van der Waals surface area contributed by atoms with Crippen LogP contribution in [0.3, 0.4) is 0 Å². The normalized spacial score (nSPS) is 21.9. The van der Waals surface area contributed by atoms with Gasteiger partial charge in [-0.3, -0.25) is 0 Å². The molecule has 1 aliphatic rings. The highest BCUT2D eigenvalue weighted by Gasteiger charge is 2.31. The minimum atomic E-state index is 0.298. The molecular formula is C16H25NO2. The third-order valence-electron chi connectivity index (χ3n) is 4.27. The molecule has 2 atom stereocenters. The van der Waals surface area contributed by atoms with E-state index in [9.17, 15) is 0 Å². The topological polar surface area (TPSA) is 30.5 Å². The molecule has 3 heteroatoms. The van der Waals surface area contributed by atoms with Crippen molar-refractivity contribution in [3.8, 4) is 11.5 Å². The Morgan fingerprint density at radius 1 is 1.37 bits per heavy atom. The van der Waals surface area contributed by atoms with E-state index >= 15 is 0 Å². The lowest BCUT2D eigenvalue weighted by molar-refractivity contribution is 0.0890. The van der Waals surface area contributed by atoms with E-state index in [2.05, 4.69) is 25.2 Å². The molecule has 0 saturated heterocycles. The molecule has 0 fully saturated rings. The number of nitrogens with one attached hydrogen (secondary N) is 1. The first-order valence-electron chi connectivity index (χ1n) is 7.25. The Balaban J connectivity index is 2.29. The van der Waals surface area contributed by atoms with E-state index in [-0.39, 0.29) is 0 Å². The van der Waals surface area contributed by atoms with Crippen molar-refractivity contribution in [3.63, 3.8) is 0 Å². The van der Waals surface area contributed by atoms with Gasteiger partial charge in [-0.2, -0.15) is 0 Å². The second-order valence-corrected chi connectivity index (χ2v) is 5.21. The van der Waals surface area contributed by atoms with Crippen LogP contribution in [0.2, 0.25) is 0 Å². The fourth-order valence-corrected chi connectivity index (χ4v) is 2.98. The van der Waals surface area contributed by atoms with Crippen LogP contribution in [0.1, 0.15) is 44.7 Å². The van der Waals surface area contributed by atoms with Gasteiger partial charge < -0.3 is 14.8 Å². The van der Waals surface area contributed by atoms with Gasteiger partial charge in [-0.05, 0) is 31.9 Å². The molecule has 1 heterocycles. The van der Waals surface area contributed by atoms with E-state index in [1.165, 1.54) is 5.56 Å². The number of methoxy groups -OCH3 is 1. The van der Waals surface area contributed by atoms with Gasteiger partial charge in [0.05, 0.1) is 7.11 Å². The van der Waals surface area contributed by atoms with Gasteiger partial charge >= 0.3 is 0 Å². The maximum absolute atomic E-state index is 6.23. The van der Waals surface area contributed by atoms with Crippen LogP contribution in [0.15, 0.2) is 18.2 Å². The number of rotatable bonds is 5. The summed E-state index contributed by atoms with van der Waals surface area (Å²) in [6.07, 6.45) is 3.67. The number of hydrogen-bond acceptors (Lipinski definition) is 3. The molecule has 106 valence electrons. The molecule has 1 N–H and O–H groups in total. The van der Waals surface area contributed by atoms with E-state index in [4.69, 9.17) is 9.47 Å². The van der Waals surface area contributed by atoms with Crippen molar-refractivity contribution < 1.29 is 9.47 Å². The predicted octanol–water partition coefficient (Wildman–Crippen LogP) is 3.54. The van der Waals surface area contributed by atoms with Gasteiger partial charge in [-0.15, -0.1) is 0 Å². The smallest absolute Gasteiger partial charge is 0.128 e. The van der Waals surface area contributed by atoms with Gasteiger partial charge in [0.15, 0.2) is 0 Å². The van der Waals surface area contributed by atoms with E-state index in [1.807, 2.05) is 19.2 Å². The van der Waals surface area contributed by atoms with Gasteiger partial charge in [0.1, 0.15) is 17.6 Å². The zero-order chi connectivity index (χ0) is 13.8.